The van der Waals surface area contributed by atoms with Crippen molar-refractivity contribution in [2.45, 2.75) is 19.9 Å². The molecule has 26 heavy (non-hydrogen) atoms. The lowest BCUT2D eigenvalue weighted by Crippen LogP contribution is -2.28. The van der Waals surface area contributed by atoms with Crippen LogP contribution in [0, 0.1) is 5.82 Å². The highest BCUT2D eigenvalue weighted by molar-refractivity contribution is 6.03. The van der Waals surface area contributed by atoms with Crippen LogP contribution in [0.25, 0.3) is 0 Å². The molecule has 0 atom stereocenters. The van der Waals surface area contributed by atoms with E-state index in [0.29, 0.717) is 16.8 Å². The van der Waals surface area contributed by atoms with E-state index < -0.39 is 30.0 Å². The number of halogens is 1. The van der Waals surface area contributed by atoms with E-state index in [1.54, 1.807) is 37.3 Å². The Morgan fingerprint density at radius 3 is 2.35 bits per heavy atom. The van der Waals surface area contributed by atoms with E-state index in [-0.39, 0.29) is 13.2 Å². The summed E-state index contributed by atoms with van der Waals surface area (Å²) in [4.78, 5) is 35.2. The lowest BCUT2D eigenvalue weighted by molar-refractivity contribution is -0.126. The number of hydrogen-bond donors (Lipinski definition) is 2. The standard InChI is InChI=1S/C19H19FN2O4/c1-2-26-19(25)13-7-9-15(10-8-13)22-18(24)11-17(23)21-12-14-5-3-4-6-16(14)20/h3-10H,2,11-12H2,1H3,(H,21,23)(H,22,24). The van der Waals surface area contributed by atoms with Crippen LogP contribution >= 0.6 is 0 Å². The number of hydrogen-bond acceptors (Lipinski definition) is 4. The van der Waals surface area contributed by atoms with Crippen molar-refractivity contribution in [3.05, 3.63) is 65.5 Å². The Labute approximate surface area is 150 Å². The average molecular weight is 358 g/mol. The van der Waals surface area contributed by atoms with Crippen molar-refractivity contribution in [1.29, 1.82) is 0 Å². The van der Waals surface area contributed by atoms with Gasteiger partial charge in [-0.15, -0.1) is 0 Å². The number of esters is 1. The van der Waals surface area contributed by atoms with Gasteiger partial charge in [-0.25, -0.2) is 9.18 Å². The van der Waals surface area contributed by atoms with Crippen LogP contribution in [0.4, 0.5) is 10.1 Å². The van der Waals surface area contributed by atoms with Crippen LogP contribution in [0.15, 0.2) is 48.5 Å². The third-order valence-corrected chi connectivity index (χ3v) is 3.43. The van der Waals surface area contributed by atoms with Crippen molar-refractivity contribution >= 4 is 23.5 Å². The Kier molecular flexibility index (Phi) is 6.84. The molecule has 0 fully saturated rings. The number of ether oxygens (including phenoxy) is 1. The minimum absolute atomic E-state index is 0.00697. The minimum Gasteiger partial charge on any atom is -0.462 e. The topological polar surface area (TPSA) is 84.5 Å². The number of benzene rings is 2. The van der Waals surface area contributed by atoms with E-state index in [1.807, 2.05) is 0 Å². The first-order valence-corrected chi connectivity index (χ1v) is 8.06. The normalized spacial score (nSPS) is 10.1. The molecule has 6 nitrogen and oxygen atoms in total. The summed E-state index contributed by atoms with van der Waals surface area (Å²) >= 11 is 0. The van der Waals surface area contributed by atoms with Crippen LogP contribution in [-0.2, 0) is 20.9 Å². The van der Waals surface area contributed by atoms with Crippen LogP contribution in [0.1, 0.15) is 29.3 Å². The maximum Gasteiger partial charge on any atom is 0.338 e. The molecule has 0 bridgehead atoms. The number of carbonyl (C=O) groups is 3. The molecular weight excluding hydrogens is 339 g/mol. The van der Waals surface area contributed by atoms with Gasteiger partial charge in [-0.3, -0.25) is 9.59 Å². The van der Waals surface area contributed by atoms with Gasteiger partial charge in [-0.1, -0.05) is 18.2 Å². The van der Waals surface area contributed by atoms with Crippen molar-refractivity contribution in [3.63, 3.8) is 0 Å². The van der Waals surface area contributed by atoms with E-state index in [0.717, 1.165) is 0 Å². The zero-order valence-electron chi connectivity index (χ0n) is 14.3. The molecule has 0 radical (unpaired) electrons. The molecule has 0 spiro atoms. The van der Waals surface area contributed by atoms with Crippen LogP contribution in [0.5, 0.6) is 0 Å². The average Bonchev–Trinajstić information content (AvgIpc) is 2.61. The Morgan fingerprint density at radius 2 is 1.69 bits per heavy atom. The molecule has 0 saturated carbocycles. The van der Waals surface area contributed by atoms with Crippen LogP contribution in [0.3, 0.4) is 0 Å². The summed E-state index contributed by atoms with van der Waals surface area (Å²) in [6.45, 7) is 2.00. The summed E-state index contributed by atoms with van der Waals surface area (Å²) in [5.41, 5.74) is 1.16. The van der Waals surface area contributed by atoms with Gasteiger partial charge in [0.1, 0.15) is 12.2 Å². The number of nitrogens with one attached hydrogen (secondary N) is 2. The van der Waals surface area contributed by atoms with Gasteiger partial charge in [-0.05, 0) is 37.3 Å². The van der Waals surface area contributed by atoms with Gasteiger partial charge in [0.05, 0.1) is 12.2 Å². The second-order valence-corrected chi connectivity index (χ2v) is 5.39. The molecule has 0 aliphatic rings. The molecule has 136 valence electrons. The van der Waals surface area contributed by atoms with Crippen molar-refractivity contribution < 1.29 is 23.5 Å². The molecule has 2 N–H and O–H groups in total. The maximum absolute atomic E-state index is 13.5. The van der Waals surface area contributed by atoms with Gasteiger partial charge in [0.25, 0.3) is 0 Å². The monoisotopic (exact) mass is 358 g/mol. The van der Waals surface area contributed by atoms with Gasteiger partial charge in [0.2, 0.25) is 11.8 Å². The summed E-state index contributed by atoms with van der Waals surface area (Å²) in [6.07, 6.45) is -0.395. The molecule has 2 amide bonds. The third-order valence-electron chi connectivity index (χ3n) is 3.43. The van der Waals surface area contributed by atoms with Crippen LogP contribution in [0.2, 0.25) is 0 Å². The second kappa shape index (κ2) is 9.31. The largest absolute Gasteiger partial charge is 0.462 e. The molecule has 0 aliphatic heterocycles. The number of amides is 2. The zero-order valence-corrected chi connectivity index (χ0v) is 14.3. The van der Waals surface area contributed by atoms with Crippen LogP contribution < -0.4 is 10.6 Å². The molecule has 0 aromatic heterocycles. The highest BCUT2D eigenvalue weighted by Crippen LogP contribution is 2.11. The van der Waals surface area contributed by atoms with Gasteiger partial charge >= 0.3 is 5.97 Å². The van der Waals surface area contributed by atoms with E-state index in [2.05, 4.69) is 10.6 Å². The van der Waals surface area contributed by atoms with E-state index in [1.165, 1.54) is 18.2 Å². The summed E-state index contributed by atoms with van der Waals surface area (Å²) in [7, 11) is 0. The predicted octanol–water partition coefficient (Wildman–Crippen LogP) is 2.65. The fourth-order valence-electron chi connectivity index (χ4n) is 2.15. The van der Waals surface area contributed by atoms with E-state index >= 15 is 0 Å². The molecule has 2 rings (SSSR count). The van der Waals surface area contributed by atoms with Crippen molar-refractivity contribution in [1.82, 2.24) is 5.32 Å². The summed E-state index contributed by atoms with van der Waals surface area (Å²) in [6, 6.07) is 12.2. The maximum atomic E-state index is 13.5. The Hall–Kier alpha value is -3.22. The number of anilines is 1. The summed E-state index contributed by atoms with van der Waals surface area (Å²) in [5, 5.41) is 5.05. The first-order valence-electron chi connectivity index (χ1n) is 8.06. The molecule has 2 aromatic rings. The molecular formula is C19H19FN2O4. The quantitative estimate of drug-likeness (QED) is 0.589. The SMILES string of the molecule is CCOC(=O)c1ccc(NC(=O)CC(=O)NCc2ccccc2F)cc1. The summed E-state index contributed by atoms with van der Waals surface area (Å²) in [5.74, 6) is -1.90. The lowest BCUT2D eigenvalue weighted by atomic mass is 10.2. The highest BCUT2D eigenvalue weighted by atomic mass is 19.1. The van der Waals surface area contributed by atoms with Gasteiger partial charge < -0.3 is 15.4 Å². The highest BCUT2D eigenvalue weighted by Gasteiger charge is 2.11. The van der Waals surface area contributed by atoms with Crippen molar-refractivity contribution in [2.75, 3.05) is 11.9 Å². The van der Waals surface area contributed by atoms with Gasteiger partial charge in [0, 0.05) is 17.8 Å². The molecule has 0 aliphatic carbocycles. The van der Waals surface area contributed by atoms with E-state index in [9.17, 15) is 18.8 Å². The van der Waals surface area contributed by atoms with Crippen LogP contribution in [-0.4, -0.2) is 24.4 Å². The fourth-order valence-corrected chi connectivity index (χ4v) is 2.15. The first-order chi connectivity index (χ1) is 12.5. The second-order valence-electron chi connectivity index (χ2n) is 5.39. The lowest BCUT2D eigenvalue weighted by Gasteiger charge is -2.08. The molecule has 0 saturated heterocycles. The zero-order chi connectivity index (χ0) is 18.9. The van der Waals surface area contributed by atoms with Gasteiger partial charge in [-0.2, -0.15) is 0 Å². The van der Waals surface area contributed by atoms with Gasteiger partial charge in [0.15, 0.2) is 0 Å². The van der Waals surface area contributed by atoms with Crippen molar-refractivity contribution in [3.8, 4) is 0 Å². The Bertz CT molecular complexity index is 790. The minimum atomic E-state index is -0.520. The fraction of sp³-hybridized carbons (Fsp3) is 0.211. The first kappa shape index (κ1) is 19.1. The van der Waals surface area contributed by atoms with E-state index in [4.69, 9.17) is 4.74 Å². The number of carbonyl (C=O) groups excluding carboxylic acids is 3. The molecule has 0 heterocycles. The third kappa shape index (κ3) is 5.70. The summed E-state index contributed by atoms with van der Waals surface area (Å²) < 4.78 is 18.3. The molecule has 7 heteroatoms. The smallest absolute Gasteiger partial charge is 0.338 e. The molecule has 2 aromatic carbocycles. The molecule has 0 unspecified atom stereocenters. The predicted molar refractivity (Wildman–Crippen MR) is 93.9 cm³/mol. The van der Waals surface area contributed by atoms with Crippen molar-refractivity contribution in [2.24, 2.45) is 0 Å². The Balaban J connectivity index is 1.81. The Morgan fingerprint density at radius 1 is 1.00 bits per heavy atom. The number of rotatable bonds is 7.